The molecule has 1 aromatic heterocycles. The van der Waals surface area contributed by atoms with Crippen molar-refractivity contribution in [1.82, 2.24) is 15.1 Å². The van der Waals surface area contributed by atoms with E-state index in [2.05, 4.69) is 10.4 Å². The number of anilines is 1. The molecule has 2 aromatic carbocycles. The Bertz CT molecular complexity index is 1140. The molecule has 0 saturated heterocycles. The van der Waals surface area contributed by atoms with E-state index in [1.165, 1.54) is 0 Å². The zero-order valence-corrected chi connectivity index (χ0v) is 18.6. The van der Waals surface area contributed by atoms with E-state index in [-0.39, 0.29) is 18.4 Å². The number of amides is 2. The van der Waals surface area contributed by atoms with Gasteiger partial charge >= 0.3 is 0 Å². The first kappa shape index (κ1) is 21.4. The highest BCUT2D eigenvalue weighted by molar-refractivity contribution is 6.11. The molecule has 2 heterocycles. The van der Waals surface area contributed by atoms with Crippen LogP contribution >= 0.6 is 0 Å². The van der Waals surface area contributed by atoms with Gasteiger partial charge in [-0.05, 0) is 61.9 Å². The van der Waals surface area contributed by atoms with Crippen molar-refractivity contribution >= 4 is 17.5 Å². The lowest BCUT2D eigenvalue weighted by Crippen LogP contribution is -2.64. The van der Waals surface area contributed by atoms with Gasteiger partial charge in [-0.2, -0.15) is 5.10 Å². The minimum Gasteiger partial charge on any atom is -0.497 e. The first-order chi connectivity index (χ1) is 15.4. The van der Waals surface area contributed by atoms with Crippen LogP contribution in [0.5, 0.6) is 11.5 Å². The van der Waals surface area contributed by atoms with E-state index in [9.17, 15) is 9.59 Å². The minimum absolute atomic E-state index is 0.238. The summed E-state index contributed by atoms with van der Waals surface area (Å²) < 4.78 is 12.0. The van der Waals surface area contributed by atoms with Crippen LogP contribution in [0.4, 0.5) is 5.69 Å². The Balaban J connectivity index is 1.66. The van der Waals surface area contributed by atoms with E-state index < -0.39 is 5.54 Å². The van der Waals surface area contributed by atoms with Gasteiger partial charge in [-0.25, -0.2) is 0 Å². The van der Waals surface area contributed by atoms with Crippen LogP contribution in [0.15, 0.2) is 54.6 Å². The van der Waals surface area contributed by atoms with Crippen molar-refractivity contribution in [3.05, 3.63) is 71.5 Å². The summed E-state index contributed by atoms with van der Waals surface area (Å²) in [6.07, 6.45) is 0. The van der Waals surface area contributed by atoms with Crippen molar-refractivity contribution in [2.45, 2.75) is 32.5 Å². The summed E-state index contributed by atoms with van der Waals surface area (Å²) in [5.74, 6) is 0.877. The summed E-state index contributed by atoms with van der Waals surface area (Å²) in [6, 6.07) is 16.3. The van der Waals surface area contributed by atoms with Crippen LogP contribution < -0.4 is 19.7 Å². The summed E-state index contributed by atoms with van der Waals surface area (Å²) in [6.45, 7) is 4.16. The smallest absolute Gasteiger partial charge is 0.277 e. The number of benzene rings is 2. The summed E-state index contributed by atoms with van der Waals surface area (Å²) in [4.78, 5) is 28.5. The molecule has 166 valence electrons. The van der Waals surface area contributed by atoms with Gasteiger partial charge in [-0.3, -0.25) is 19.2 Å². The first-order valence-electron chi connectivity index (χ1n) is 10.3. The molecule has 1 aliphatic heterocycles. The number of hydrogen-bond acceptors (Lipinski definition) is 5. The topological polar surface area (TPSA) is 85.7 Å². The molecule has 0 saturated carbocycles. The molecule has 0 radical (unpaired) electrons. The molecule has 1 atom stereocenters. The number of rotatable bonds is 6. The molecule has 0 spiro atoms. The van der Waals surface area contributed by atoms with E-state index in [4.69, 9.17) is 9.47 Å². The van der Waals surface area contributed by atoms with Gasteiger partial charge in [0.15, 0.2) is 0 Å². The third-order valence-corrected chi connectivity index (χ3v) is 5.71. The second kappa shape index (κ2) is 8.37. The number of nitrogens with zero attached hydrogens (tertiary/aromatic N) is 3. The van der Waals surface area contributed by atoms with Crippen molar-refractivity contribution in [2.75, 3.05) is 19.1 Å². The first-order valence-corrected chi connectivity index (χ1v) is 10.3. The Hall–Kier alpha value is -3.81. The third kappa shape index (κ3) is 3.79. The normalized spacial score (nSPS) is 17.6. The number of carbonyl (C=O) groups is 2. The van der Waals surface area contributed by atoms with E-state index in [1.807, 2.05) is 31.2 Å². The maximum atomic E-state index is 13.5. The summed E-state index contributed by atoms with van der Waals surface area (Å²) in [5, 5.41) is 7.42. The van der Waals surface area contributed by atoms with Gasteiger partial charge in [0.25, 0.3) is 5.91 Å². The Morgan fingerprint density at radius 3 is 2.25 bits per heavy atom. The van der Waals surface area contributed by atoms with Crippen LogP contribution in [0.2, 0.25) is 0 Å². The number of aryl methyl sites for hydroxylation is 1. The van der Waals surface area contributed by atoms with Crippen molar-refractivity contribution in [1.29, 1.82) is 0 Å². The van der Waals surface area contributed by atoms with Crippen molar-refractivity contribution < 1.29 is 19.1 Å². The van der Waals surface area contributed by atoms with Crippen LogP contribution in [0.1, 0.15) is 28.7 Å². The Morgan fingerprint density at radius 2 is 1.66 bits per heavy atom. The fourth-order valence-corrected chi connectivity index (χ4v) is 3.96. The summed E-state index contributed by atoms with van der Waals surface area (Å²) >= 11 is 0. The lowest BCUT2D eigenvalue weighted by molar-refractivity contribution is -0.126. The third-order valence-electron chi connectivity index (χ3n) is 5.71. The Morgan fingerprint density at radius 1 is 1.06 bits per heavy atom. The maximum absolute atomic E-state index is 13.5. The van der Waals surface area contributed by atoms with Crippen molar-refractivity contribution in [2.24, 2.45) is 0 Å². The monoisotopic (exact) mass is 434 g/mol. The quantitative estimate of drug-likeness (QED) is 0.645. The second-order valence-electron chi connectivity index (χ2n) is 7.97. The summed E-state index contributed by atoms with van der Waals surface area (Å²) in [5.41, 5.74) is 1.55. The largest absolute Gasteiger partial charge is 0.497 e. The molecule has 8 nitrogen and oxygen atoms in total. The van der Waals surface area contributed by atoms with E-state index in [0.29, 0.717) is 23.7 Å². The van der Waals surface area contributed by atoms with Crippen molar-refractivity contribution in [3.63, 3.8) is 0 Å². The number of ether oxygens (including phenoxy) is 2. The standard InChI is InChI=1S/C24H26N4O4/c1-16-13-21-22(29)28(18-7-11-20(32-4)12-8-18)24(2,15-27(21)26-16)23(30)25-14-17-5-9-19(31-3)10-6-17/h5-13H,14-15H2,1-4H3,(H,25,30)/t24-/m0/s1. The number of hydrogen-bond donors (Lipinski definition) is 1. The fourth-order valence-electron chi connectivity index (χ4n) is 3.96. The molecular weight excluding hydrogens is 408 g/mol. The number of aromatic nitrogens is 2. The average Bonchev–Trinajstić information content (AvgIpc) is 3.18. The Kier molecular flexibility index (Phi) is 5.61. The van der Waals surface area contributed by atoms with Gasteiger partial charge in [0, 0.05) is 12.2 Å². The highest BCUT2D eigenvalue weighted by Crippen LogP contribution is 2.33. The molecule has 0 aliphatic carbocycles. The van der Waals surface area contributed by atoms with Gasteiger partial charge in [0.2, 0.25) is 5.91 Å². The van der Waals surface area contributed by atoms with Gasteiger partial charge in [0.1, 0.15) is 22.7 Å². The zero-order valence-electron chi connectivity index (χ0n) is 18.6. The molecule has 2 amide bonds. The lowest BCUT2D eigenvalue weighted by Gasteiger charge is -2.43. The average molecular weight is 434 g/mol. The Labute approximate surface area is 186 Å². The zero-order chi connectivity index (χ0) is 22.9. The molecule has 4 rings (SSSR count). The maximum Gasteiger partial charge on any atom is 0.277 e. The van der Waals surface area contributed by atoms with E-state index in [1.54, 1.807) is 61.1 Å². The number of fused-ring (bicyclic) bond motifs is 1. The molecule has 1 aliphatic rings. The SMILES string of the molecule is COc1ccc(CNC(=O)[C@]2(C)Cn3nc(C)cc3C(=O)N2c2ccc(OC)cc2)cc1. The molecule has 3 aromatic rings. The van der Waals surface area contributed by atoms with Crippen LogP contribution in [-0.4, -0.2) is 41.4 Å². The van der Waals surface area contributed by atoms with Gasteiger partial charge < -0.3 is 14.8 Å². The summed E-state index contributed by atoms with van der Waals surface area (Å²) in [7, 11) is 3.19. The van der Waals surface area contributed by atoms with Gasteiger partial charge in [0.05, 0.1) is 26.5 Å². The number of methoxy groups -OCH3 is 2. The predicted molar refractivity (Wildman–Crippen MR) is 120 cm³/mol. The molecule has 1 N–H and O–H groups in total. The molecule has 8 heteroatoms. The highest BCUT2D eigenvalue weighted by atomic mass is 16.5. The molecule has 0 unspecified atom stereocenters. The van der Waals surface area contributed by atoms with Crippen LogP contribution in [0.25, 0.3) is 0 Å². The molecule has 0 bridgehead atoms. The van der Waals surface area contributed by atoms with Crippen LogP contribution in [0.3, 0.4) is 0 Å². The predicted octanol–water partition coefficient (Wildman–Crippen LogP) is 2.94. The van der Waals surface area contributed by atoms with Crippen LogP contribution in [0, 0.1) is 6.92 Å². The van der Waals surface area contributed by atoms with Gasteiger partial charge in [-0.15, -0.1) is 0 Å². The number of carbonyl (C=O) groups excluding carboxylic acids is 2. The lowest BCUT2D eigenvalue weighted by atomic mass is 9.93. The highest BCUT2D eigenvalue weighted by Gasteiger charge is 2.48. The number of nitrogens with one attached hydrogen (secondary N) is 1. The minimum atomic E-state index is -1.18. The molecule has 0 fully saturated rings. The van der Waals surface area contributed by atoms with E-state index >= 15 is 0 Å². The molecule has 32 heavy (non-hydrogen) atoms. The fraction of sp³-hybridized carbons (Fsp3) is 0.292. The van der Waals surface area contributed by atoms with Crippen LogP contribution in [-0.2, 0) is 17.9 Å². The molecular formula is C24H26N4O4. The van der Waals surface area contributed by atoms with Gasteiger partial charge in [-0.1, -0.05) is 12.1 Å². The van der Waals surface area contributed by atoms with E-state index in [0.717, 1.165) is 17.0 Å². The van der Waals surface area contributed by atoms with Crippen molar-refractivity contribution in [3.8, 4) is 11.5 Å². The second-order valence-corrected chi connectivity index (χ2v) is 7.97.